The number of aromatic nitrogens is 4. The second kappa shape index (κ2) is 6.28. The molecule has 3 aromatic heterocycles. The highest BCUT2D eigenvalue weighted by atomic mass is 32.1. The van der Waals surface area contributed by atoms with E-state index in [1.165, 1.54) is 30.6 Å². The van der Waals surface area contributed by atoms with E-state index in [0.29, 0.717) is 18.5 Å². The Morgan fingerprint density at radius 1 is 1.30 bits per heavy atom. The van der Waals surface area contributed by atoms with Gasteiger partial charge in [0.1, 0.15) is 17.8 Å². The summed E-state index contributed by atoms with van der Waals surface area (Å²) < 4.78 is 8.02. The summed E-state index contributed by atoms with van der Waals surface area (Å²) in [5, 5.41) is 5.66. The number of aryl methyl sites for hydroxylation is 1. The molecule has 3 aromatic rings. The van der Waals surface area contributed by atoms with Gasteiger partial charge in [0, 0.05) is 11.1 Å². The Labute approximate surface area is 139 Å². The number of rotatable bonds is 5. The van der Waals surface area contributed by atoms with Crippen LogP contribution in [0.1, 0.15) is 49.2 Å². The minimum absolute atomic E-state index is 0.448. The van der Waals surface area contributed by atoms with Crippen LogP contribution in [-0.4, -0.2) is 19.7 Å². The number of hydrogen-bond acceptors (Lipinski definition) is 5. The van der Waals surface area contributed by atoms with Crippen molar-refractivity contribution in [3.8, 4) is 5.88 Å². The first-order valence-electron chi connectivity index (χ1n) is 8.23. The van der Waals surface area contributed by atoms with Crippen molar-refractivity contribution in [1.29, 1.82) is 0 Å². The quantitative estimate of drug-likeness (QED) is 0.706. The Morgan fingerprint density at radius 2 is 2.17 bits per heavy atom. The van der Waals surface area contributed by atoms with Crippen LogP contribution in [0.2, 0.25) is 0 Å². The Bertz CT molecular complexity index is 804. The van der Waals surface area contributed by atoms with Crippen LogP contribution in [0.5, 0.6) is 5.88 Å². The van der Waals surface area contributed by atoms with Crippen LogP contribution in [0.4, 0.5) is 0 Å². The fraction of sp³-hybridized carbons (Fsp3) is 0.471. The van der Waals surface area contributed by atoms with Crippen molar-refractivity contribution in [3.05, 3.63) is 35.2 Å². The molecule has 6 heteroatoms. The standard InChI is InChI=1S/C17H20N4OS/c1-2-14-9-15-16(18-11-19-17(15)23-14)22-10-12-7-8-21(20-12)13-5-3-4-6-13/h7-9,11,13H,2-6,10H2,1H3. The number of nitrogens with zero attached hydrogens (tertiary/aromatic N) is 4. The molecule has 0 saturated heterocycles. The number of hydrogen-bond donors (Lipinski definition) is 0. The lowest BCUT2D eigenvalue weighted by atomic mass is 10.3. The predicted molar refractivity (Wildman–Crippen MR) is 90.9 cm³/mol. The van der Waals surface area contributed by atoms with Gasteiger partial charge in [-0.15, -0.1) is 11.3 Å². The maximum Gasteiger partial charge on any atom is 0.225 e. The number of thiophene rings is 1. The third-order valence-corrected chi connectivity index (χ3v) is 5.60. The number of ether oxygens (including phenoxy) is 1. The van der Waals surface area contributed by atoms with Gasteiger partial charge in [0.15, 0.2) is 0 Å². The van der Waals surface area contributed by atoms with Crippen molar-refractivity contribution in [2.75, 3.05) is 0 Å². The molecule has 120 valence electrons. The maximum atomic E-state index is 5.92. The summed E-state index contributed by atoms with van der Waals surface area (Å²) in [6.07, 6.45) is 9.76. The van der Waals surface area contributed by atoms with Crippen molar-refractivity contribution < 1.29 is 4.74 Å². The van der Waals surface area contributed by atoms with E-state index in [1.807, 2.05) is 6.07 Å². The van der Waals surface area contributed by atoms with Gasteiger partial charge in [-0.1, -0.05) is 19.8 Å². The first kappa shape index (κ1) is 14.6. The highest BCUT2D eigenvalue weighted by Crippen LogP contribution is 2.31. The van der Waals surface area contributed by atoms with Crippen LogP contribution in [0.3, 0.4) is 0 Å². The lowest BCUT2D eigenvalue weighted by Crippen LogP contribution is -2.06. The summed E-state index contributed by atoms with van der Waals surface area (Å²) in [4.78, 5) is 10.9. The molecule has 0 aromatic carbocycles. The zero-order valence-electron chi connectivity index (χ0n) is 13.2. The van der Waals surface area contributed by atoms with Gasteiger partial charge in [0.2, 0.25) is 5.88 Å². The van der Waals surface area contributed by atoms with Gasteiger partial charge in [-0.2, -0.15) is 5.10 Å². The third kappa shape index (κ3) is 2.95. The second-order valence-electron chi connectivity index (χ2n) is 5.98. The molecule has 1 aliphatic rings. The topological polar surface area (TPSA) is 52.8 Å². The molecular weight excluding hydrogens is 308 g/mol. The van der Waals surface area contributed by atoms with Crippen LogP contribution >= 0.6 is 11.3 Å². The zero-order valence-corrected chi connectivity index (χ0v) is 14.1. The van der Waals surface area contributed by atoms with Gasteiger partial charge in [-0.25, -0.2) is 9.97 Å². The van der Waals surface area contributed by atoms with Crippen molar-refractivity contribution in [3.63, 3.8) is 0 Å². The summed E-state index contributed by atoms with van der Waals surface area (Å²) in [6, 6.07) is 4.74. The highest BCUT2D eigenvalue weighted by molar-refractivity contribution is 7.18. The van der Waals surface area contributed by atoms with Crippen molar-refractivity contribution in [2.24, 2.45) is 0 Å². The van der Waals surface area contributed by atoms with E-state index >= 15 is 0 Å². The van der Waals surface area contributed by atoms with Crippen LogP contribution in [0.15, 0.2) is 24.7 Å². The minimum atomic E-state index is 0.448. The van der Waals surface area contributed by atoms with E-state index in [0.717, 1.165) is 22.3 Å². The molecule has 0 spiro atoms. The molecule has 0 aliphatic heterocycles. The molecule has 1 fully saturated rings. The average Bonchev–Trinajstić information content (AvgIpc) is 3.31. The molecule has 3 heterocycles. The summed E-state index contributed by atoms with van der Waals surface area (Å²) in [5.41, 5.74) is 0.953. The Hall–Kier alpha value is -1.95. The third-order valence-electron chi connectivity index (χ3n) is 4.41. The van der Waals surface area contributed by atoms with Gasteiger partial charge in [0.05, 0.1) is 17.1 Å². The fourth-order valence-corrected chi connectivity index (χ4v) is 4.07. The molecule has 0 unspecified atom stereocenters. The first-order valence-corrected chi connectivity index (χ1v) is 9.05. The Kier molecular flexibility index (Phi) is 3.99. The normalized spacial score (nSPS) is 15.5. The molecular formula is C17H20N4OS. The lowest BCUT2D eigenvalue weighted by molar-refractivity contribution is 0.290. The predicted octanol–water partition coefficient (Wildman–Crippen LogP) is 4.14. The van der Waals surface area contributed by atoms with E-state index in [-0.39, 0.29) is 0 Å². The van der Waals surface area contributed by atoms with E-state index in [9.17, 15) is 0 Å². The first-order chi connectivity index (χ1) is 11.3. The summed E-state index contributed by atoms with van der Waals surface area (Å²) in [5.74, 6) is 0.654. The fourth-order valence-electron chi connectivity index (χ4n) is 3.14. The van der Waals surface area contributed by atoms with Gasteiger partial charge < -0.3 is 4.74 Å². The van der Waals surface area contributed by atoms with Crippen LogP contribution in [0.25, 0.3) is 10.2 Å². The van der Waals surface area contributed by atoms with E-state index in [1.54, 1.807) is 17.7 Å². The van der Waals surface area contributed by atoms with Gasteiger partial charge >= 0.3 is 0 Å². The molecule has 4 rings (SSSR count). The monoisotopic (exact) mass is 328 g/mol. The molecule has 0 amide bonds. The van der Waals surface area contributed by atoms with Gasteiger partial charge in [0.25, 0.3) is 0 Å². The zero-order chi connectivity index (χ0) is 15.6. The molecule has 1 saturated carbocycles. The minimum Gasteiger partial charge on any atom is -0.471 e. The van der Waals surface area contributed by atoms with Crippen LogP contribution in [0, 0.1) is 0 Å². The molecule has 23 heavy (non-hydrogen) atoms. The second-order valence-corrected chi connectivity index (χ2v) is 7.09. The lowest BCUT2D eigenvalue weighted by Gasteiger charge is -2.09. The molecule has 1 aliphatic carbocycles. The summed E-state index contributed by atoms with van der Waals surface area (Å²) >= 11 is 1.70. The SMILES string of the molecule is CCc1cc2c(OCc3ccn(C4CCCC4)n3)ncnc2s1. The van der Waals surface area contributed by atoms with E-state index in [4.69, 9.17) is 4.74 Å². The van der Waals surface area contributed by atoms with Crippen molar-refractivity contribution >= 4 is 21.6 Å². The number of fused-ring (bicyclic) bond motifs is 1. The average molecular weight is 328 g/mol. The summed E-state index contributed by atoms with van der Waals surface area (Å²) in [7, 11) is 0. The van der Waals surface area contributed by atoms with E-state index in [2.05, 4.69) is 38.9 Å². The van der Waals surface area contributed by atoms with Crippen LogP contribution in [-0.2, 0) is 13.0 Å². The Morgan fingerprint density at radius 3 is 3.00 bits per heavy atom. The highest BCUT2D eigenvalue weighted by Gasteiger charge is 2.17. The van der Waals surface area contributed by atoms with Gasteiger partial charge in [-0.05, 0) is 31.4 Å². The van der Waals surface area contributed by atoms with Crippen molar-refractivity contribution in [2.45, 2.75) is 51.7 Å². The molecule has 0 N–H and O–H groups in total. The summed E-state index contributed by atoms with van der Waals surface area (Å²) in [6.45, 7) is 2.59. The van der Waals surface area contributed by atoms with Crippen LogP contribution < -0.4 is 4.74 Å². The molecule has 5 nitrogen and oxygen atoms in total. The largest absolute Gasteiger partial charge is 0.471 e. The smallest absolute Gasteiger partial charge is 0.225 e. The molecule has 0 radical (unpaired) electrons. The van der Waals surface area contributed by atoms with Crippen molar-refractivity contribution in [1.82, 2.24) is 19.7 Å². The molecule has 0 bridgehead atoms. The Balaban J connectivity index is 1.49. The van der Waals surface area contributed by atoms with Gasteiger partial charge in [-0.3, -0.25) is 4.68 Å². The maximum absolute atomic E-state index is 5.92. The van der Waals surface area contributed by atoms with E-state index < -0.39 is 0 Å². The molecule has 0 atom stereocenters.